The Balaban J connectivity index is 0.00000341. The third kappa shape index (κ3) is 5.51. The van der Waals surface area contributed by atoms with Gasteiger partial charge in [0.15, 0.2) is 5.82 Å². The summed E-state index contributed by atoms with van der Waals surface area (Å²) in [7, 11) is 0. The second kappa shape index (κ2) is 10.1. The van der Waals surface area contributed by atoms with Crippen molar-refractivity contribution in [1.29, 1.82) is 0 Å². The fraction of sp³-hybridized carbons (Fsp3) is 0.273. The van der Waals surface area contributed by atoms with Gasteiger partial charge in [0.2, 0.25) is 0 Å². The number of rotatable bonds is 5. The van der Waals surface area contributed by atoms with E-state index in [4.69, 9.17) is 11.6 Å². The van der Waals surface area contributed by atoms with Crippen molar-refractivity contribution in [3.8, 4) is 5.82 Å². The number of anilines is 1. The lowest BCUT2D eigenvalue weighted by molar-refractivity contribution is 0.0944. The summed E-state index contributed by atoms with van der Waals surface area (Å²) in [5.74, 6) is -0.206. The zero-order valence-electron chi connectivity index (χ0n) is 17.0. The van der Waals surface area contributed by atoms with Crippen LogP contribution in [-0.2, 0) is 0 Å². The molecule has 0 aliphatic carbocycles. The van der Waals surface area contributed by atoms with E-state index < -0.39 is 5.91 Å². The van der Waals surface area contributed by atoms with Crippen LogP contribution in [0.2, 0.25) is 5.02 Å². The molecule has 7 nitrogen and oxygen atoms in total. The molecule has 0 spiro atoms. The van der Waals surface area contributed by atoms with E-state index >= 15 is 0 Å². The van der Waals surface area contributed by atoms with Gasteiger partial charge < -0.3 is 10.6 Å². The van der Waals surface area contributed by atoms with Gasteiger partial charge in [-0.15, -0.1) is 0 Å². The standard InChI is InChI=1S/C21H21BrClN5O2.CH4/c1-11(2)25-20(29)15-9-14(23)8-13(4)18(15)26-21(30)16-10-17(22)27-28(16)19-12(3)6-5-7-24-19;/h5-11H,1-4H3,(H,25,29)(H,26,30);1H4. The summed E-state index contributed by atoms with van der Waals surface area (Å²) >= 11 is 9.49. The molecule has 0 atom stereocenters. The largest absolute Gasteiger partial charge is 0.350 e. The fourth-order valence-corrected chi connectivity index (χ4v) is 3.63. The highest BCUT2D eigenvalue weighted by molar-refractivity contribution is 9.10. The van der Waals surface area contributed by atoms with Gasteiger partial charge >= 0.3 is 0 Å². The first kappa shape index (κ1) is 24.6. The van der Waals surface area contributed by atoms with Gasteiger partial charge in [-0.1, -0.05) is 25.1 Å². The first-order chi connectivity index (χ1) is 14.2. The third-order valence-corrected chi connectivity index (χ3v) is 4.90. The molecule has 3 rings (SSSR count). The number of carbonyl (C=O) groups is 2. The lowest BCUT2D eigenvalue weighted by Crippen LogP contribution is -2.31. The molecule has 0 saturated carbocycles. The molecule has 164 valence electrons. The zero-order chi connectivity index (χ0) is 22.0. The molecule has 0 aliphatic heterocycles. The number of aryl methyl sites for hydroxylation is 2. The maximum atomic E-state index is 13.2. The summed E-state index contributed by atoms with van der Waals surface area (Å²) in [4.78, 5) is 30.2. The monoisotopic (exact) mass is 505 g/mol. The second-order valence-corrected chi connectivity index (χ2v) is 8.38. The molecule has 2 N–H and O–H groups in total. The maximum absolute atomic E-state index is 13.2. The molecule has 2 aromatic heterocycles. The number of hydrogen-bond donors (Lipinski definition) is 2. The van der Waals surface area contributed by atoms with Crippen molar-refractivity contribution >= 4 is 45.0 Å². The van der Waals surface area contributed by atoms with Gasteiger partial charge in [0, 0.05) is 23.3 Å². The average molecular weight is 507 g/mol. The molecular formula is C22H25BrClN5O2. The minimum atomic E-state index is -0.428. The number of aromatic nitrogens is 3. The Morgan fingerprint density at radius 1 is 1.13 bits per heavy atom. The zero-order valence-corrected chi connectivity index (χ0v) is 19.3. The number of hydrogen-bond acceptors (Lipinski definition) is 4. The second-order valence-electron chi connectivity index (χ2n) is 7.14. The Bertz CT molecular complexity index is 1130. The van der Waals surface area contributed by atoms with Crippen LogP contribution >= 0.6 is 27.5 Å². The molecule has 2 amide bonds. The molecule has 9 heteroatoms. The number of amides is 2. The summed E-state index contributed by atoms with van der Waals surface area (Å²) in [6.07, 6.45) is 1.64. The highest BCUT2D eigenvalue weighted by atomic mass is 79.9. The lowest BCUT2D eigenvalue weighted by Gasteiger charge is -2.16. The lowest BCUT2D eigenvalue weighted by atomic mass is 10.1. The minimum absolute atomic E-state index is 0. The van der Waals surface area contributed by atoms with Gasteiger partial charge in [-0.2, -0.15) is 5.10 Å². The number of carbonyl (C=O) groups excluding carboxylic acids is 2. The van der Waals surface area contributed by atoms with Crippen molar-refractivity contribution in [3.05, 3.63) is 68.5 Å². The fourth-order valence-electron chi connectivity index (χ4n) is 2.98. The van der Waals surface area contributed by atoms with Crippen LogP contribution in [0.25, 0.3) is 5.82 Å². The number of benzene rings is 1. The predicted molar refractivity (Wildman–Crippen MR) is 127 cm³/mol. The van der Waals surface area contributed by atoms with E-state index in [-0.39, 0.29) is 25.1 Å². The van der Waals surface area contributed by atoms with Crippen molar-refractivity contribution in [2.45, 2.75) is 41.2 Å². The van der Waals surface area contributed by atoms with Crippen molar-refractivity contribution in [2.24, 2.45) is 0 Å². The van der Waals surface area contributed by atoms with Crippen LogP contribution in [0, 0.1) is 13.8 Å². The van der Waals surface area contributed by atoms with Gasteiger partial charge in [0.05, 0.1) is 11.3 Å². The van der Waals surface area contributed by atoms with Gasteiger partial charge in [0.1, 0.15) is 10.3 Å². The first-order valence-electron chi connectivity index (χ1n) is 9.27. The predicted octanol–water partition coefficient (Wildman–Crippen LogP) is 5.33. The molecular weight excluding hydrogens is 482 g/mol. The molecule has 0 aliphatic rings. The quantitative estimate of drug-likeness (QED) is 0.490. The molecule has 3 aromatic rings. The Kier molecular flexibility index (Phi) is 7.97. The topological polar surface area (TPSA) is 88.9 Å². The van der Waals surface area contributed by atoms with E-state index in [9.17, 15) is 9.59 Å². The summed E-state index contributed by atoms with van der Waals surface area (Å²) in [6, 6.07) is 8.47. The maximum Gasteiger partial charge on any atom is 0.274 e. The molecule has 0 radical (unpaired) electrons. The van der Waals surface area contributed by atoms with E-state index in [1.807, 2.05) is 32.9 Å². The number of pyridine rings is 1. The van der Waals surface area contributed by atoms with E-state index in [2.05, 4.69) is 36.6 Å². The van der Waals surface area contributed by atoms with Crippen LogP contribution in [-0.4, -0.2) is 32.6 Å². The highest BCUT2D eigenvalue weighted by Crippen LogP contribution is 2.27. The van der Waals surface area contributed by atoms with Crippen molar-refractivity contribution in [3.63, 3.8) is 0 Å². The molecule has 2 heterocycles. The number of halogens is 2. The normalized spacial score (nSPS) is 10.5. The van der Waals surface area contributed by atoms with Crippen LogP contribution in [0.3, 0.4) is 0 Å². The van der Waals surface area contributed by atoms with Gasteiger partial charge in [-0.3, -0.25) is 9.59 Å². The Morgan fingerprint density at radius 2 is 1.84 bits per heavy atom. The smallest absolute Gasteiger partial charge is 0.274 e. The van der Waals surface area contributed by atoms with Crippen LogP contribution < -0.4 is 10.6 Å². The number of nitrogens with zero attached hydrogens (tertiary/aromatic N) is 3. The summed E-state index contributed by atoms with van der Waals surface area (Å²) in [6.45, 7) is 7.39. The molecule has 1 aromatic carbocycles. The Labute approximate surface area is 195 Å². The SMILES string of the molecule is C.Cc1cccnc1-n1nc(Br)cc1C(=O)Nc1c(C)cc(Cl)cc1C(=O)NC(C)C. The van der Waals surface area contributed by atoms with E-state index in [0.717, 1.165) is 5.56 Å². The van der Waals surface area contributed by atoms with E-state index in [0.29, 0.717) is 32.3 Å². The molecule has 31 heavy (non-hydrogen) atoms. The van der Waals surface area contributed by atoms with Gasteiger partial charge in [-0.05, 0) is 73.0 Å². The first-order valence-corrected chi connectivity index (χ1v) is 10.4. The highest BCUT2D eigenvalue weighted by Gasteiger charge is 2.22. The summed E-state index contributed by atoms with van der Waals surface area (Å²) in [5, 5.41) is 10.4. The van der Waals surface area contributed by atoms with Gasteiger partial charge in [-0.25, -0.2) is 9.67 Å². The molecule has 0 unspecified atom stereocenters. The summed E-state index contributed by atoms with van der Waals surface area (Å²) < 4.78 is 1.96. The van der Waals surface area contributed by atoms with Crippen molar-refractivity contribution in [1.82, 2.24) is 20.1 Å². The molecule has 0 saturated heterocycles. The molecule has 0 fully saturated rings. The van der Waals surface area contributed by atoms with Crippen LogP contribution in [0.15, 0.2) is 41.1 Å². The van der Waals surface area contributed by atoms with Crippen LogP contribution in [0.5, 0.6) is 0 Å². The van der Waals surface area contributed by atoms with Crippen molar-refractivity contribution in [2.75, 3.05) is 5.32 Å². The van der Waals surface area contributed by atoms with Crippen molar-refractivity contribution < 1.29 is 9.59 Å². The Hall–Kier alpha value is -2.71. The van der Waals surface area contributed by atoms with Crippen LogP contribution in [0.4, 0.5) is 5.69 Å². The third-order valence-electron chi connectivity index (χ3n) is 4.30. The summed E-state index contributed by atoms with van der Waals surface area (Å²) in [5.41, 5.74) is 2.49. The minimum Gasteiger partial charge on any atom is -0.350 e. The van der Waals surface area contributed by atoms with Gasteiger partial charge in [0.25, 0.3) is 11.8 Å². The Morgan fingerprint density at radius 3 is 2.48 bits per heavy atom. The van der Waals surface area contributed by atoms with Crippen LogP contribution in [0.1, 0.15) is 53.2 Å². The molecule has 0 bridgehead atoms. The average Bonchev–Trinajstić information content (AvgIpc) is 3.05. The van der Waals surface area contributed by atoms with E-state index in [1.165, 1.54) is 10.7 Å². The van der Waals surface area contributed by atoms with E-state index in [1.54, 1.807) is 25.3 Å². The number of nitrogens with one attached hydrogen (secondary N) is 2.